The lowest BCUT2D eigenvalue weighted by Crippen LogP contribution is -2.54. The molecule has 1 saturated heterocycles. The number of pyridine rings is 1. The Hall–Kier alpha value is -2.83. The summed E-state index contributed by atoms with van der Waals surface area (Å²) >= 11 is 0. The molecule has 0 atom stereocenters. The Kier molecular flexibility index (Phi) is 4.24. The molecule has 2 aromatic rings. The minimum Gasteiger partial charge on any atom is -0.478 e. The fourth-order valence-electron chi connectivity index (χ4n) is 2.79. The Labute approximate surface area is 138 Å². The number of piperidine rings is 1. The number of aliphatic carboxylic acids is 1. The van der Waals surface area contributed by atoms with E-state index < -0.39 is 11.6 Å². The zero-order valence-corrected chi connectivity index (χ0v) is 13.3. The van der Waals surface area contributed by atoms with Crippen molar-refractivity contribution in [1.29, 1.82) is 0 Å². The van der Waals surface area contributed by atoms with E-state index in [0.717, 1.165) is 0 Å². The second-order valence-electron chi connectivity index (χ2n) is 5.79. The number of hydrogen-bond acceptors (Lipinski definition) is 5. The fraction of sp³-hybridized carbons (Fsp3) is 0.353. The van der Waals surface area contributed by atoms with Gasteiger partial charge in [-0.25, -0.2) is 4.79 Å². The number of rotatable bonds is 4. The summed E-state index contributed by atoms with van der Waals surface area (Å²) in [6.07, 6.45) is 4.87. The molecule has 0 radical (unpaired) electrons. The summed E-state index contributed by atoms with van der Waals surface area (Å²) in [5.74, 6) is -0.740. The van der Waals surface area contributed by atoms with Crippen LogP contribution in [0.2, 0.25) is 0 Å². The van der Waals surface area contributed by atoms with Gasteiger partial charge in [0.1, 0.15) is 12.0 Å². The minimum atomic E-state index is -1.35. The molecule has 24 heavy (non-hydrogen) atoms. The van der Waals surface area contributed by atoms with Crippen LogP contribution in [0, 0.1) is 6.92 Å². The van der Waals surface area contributed by atoms with Crippen molar-refractivity contribution < 1.29 is 23.8 Å². The first kappa shape index (κ1) is 16.0. The Morgan fingerprint density at radius 3 is 2.67 bits per heavy atom. The molecule has 1 amide bonds. The van der Waals surface area contributed by atoms with Gasteiger partial charge in [-0.05, 0) is 25.1 Å². The van der Waals surface area contributed by atoms with E-state index in [1.807, 2.05) is 0 Å². The van der Waals surface area contributed by atoms with Crippen LogP contribution >= 0.6 is 0 Å². The third-order valence-corrected chi connectivity index (χ3v) is 4.28. The van der Waals surface area contributed by atoms with Crippen molar-refractivity contribution in [2.24, 2.45) is 0 Å². The van der Waals surface area contributed by atoms with Crippen molar-refractivity contribution in [3.05, 3.63) is 48.2 Å². The lowest BCUT2D eigenvalue weighted by molar-refractivity contribution is -0.159. The van der Waals surface area contributed by atoms with Gasteiger partial charge in [0.15, 0.2) is 0 Å². The minimum absolute atomic E-state index is 0.166. The molecule has 1 aliphatic heterocycles. The van der Waals surface area contributed by atoms with Crippen molar-refractivity contribution in [3.8, 4) is 5.75 Å². The van der Waals surface area contributed by atoms with E-state index in [9.17, 15) is 14.7 Å². The smallest absolute Gasteiger partial charge is 0.348 e. The monoisotopic (exact) mass is 330 g/mol. The van der Waals surface area contributed by atoms with Gasteiger partial charge >= 0.3 is 5.97 Å². The number of ether oxygens (including phenoxy) is 1. The van der Waals surface area contributed by atoms with Crippen molar-refractivity contribution in [1.82, 2.24) is 9.88 Å². The van der Waals surface area contributed by atoms with E-state index in [1.54, 1.807) is 36.2 Å². The van der Waals surface area contributed by atoms with Crippen molar-refractivity contribution in [3.63, 3.8) is 0 Å². The first-order valence-corrected chi connectivity index (χ1v) is 7.67. The van der Waals surface area contributed by atoms with E-state index in [0.29, 0.717) is 30.1 Å². The zero-order chi connectivity index (χ0) is 17.2. The van der Waals surface area contributed by atoms with Crippen molar-refractivity contribution in [2.45, 2.75) is 25.4 Å². The van der Waals surface area contributed by atoms with Crippen LogP contribution in [0.1, 0.15) is 28.9 Å². The van der Waals surface area contributed by atoms with Crippen LogP contribution < -0.4 is 4.74 Å². The van der Waals surface area contributed by atoms with Crippen LogP contribution in [0.15, 0.2) is 41.3 Å². The van der Waals surface area contributed by atoms with Crippen molar-refractivity contribution >= 4 is 11.9 Å². The highest BCUT2D eigenvalue weighted by Gasteiger charge is 2.45. The molecule has 0 saturated carbocycles. The first-order chi connectivity index (χ1) is 11.5. The number of carbonyl (C=O) groups is 2. The molecule has 2 aromatic heterocycles. The highest BCUT2D eigenvalue weighted by atomic mass is 16.5. The van der Waals surface area contributed by atoms with Crippen LogP contribution in [-0.4, -0.2) is 45.6 Å². The van der Waals surface area contributed by atoms with Crippen LogP contribution in [0.25, 0.3) is 0 Å². The number of amides is 1. The molecule has 0 unspecified atom stereocenters. The summed E-state index contributed by atoms with van der Waals surface area (Å²) < 4.78 is 10.8. The number of hydrogen-bond donors (Lipinski definition) is 1. The summed E-state index contributed by atoms with van der Waals surface area (Å²) in [7, 11) is 0. The van der Waals surface area contributed by atoms with Gasteiger partial charge in [-0.2, -0.15) is 0 Å². The van der Waals surface area contributed by atoms with E-state index in [-0.39, 0.29) is 18.7 Å². The van der Waals surface area contributed by atoms with Gasteiger partial charge in [0, 0.05) is 32.1 Å². The topological polar surface area (TPSA) is 92.9 Å². The molecule has 3 rings (SSSR count). The molecule has 0 bridgehead atoms. The molecule has 1 fully saturated rings. The van der Waals surface area contributed by atoms with E-state index in [2.05, 4.69) is 4.98 Å². The van der Waals surface area contributed by atoms with E-state index in [4.69, 9.17) is 9.15 Å². The Bertz CT molecular complexity index is 733. The third kappa shape index (κ3) is 2.97. The molecule has 7 heteroatoms. The van der Waals surface area contributed by atoms with Crippen LogP contribution in [-0.2, 0) is 4.79 Å². The summed E-state index contributed by atoms with van der Waals surface area (Å²) in [6, 6.07) is 5.00. The average Bonchev–Trinajstić information content (AvgIpc) is 3.11. The molecular weight excluding hydrogens is 312 g/mol. The number of aromatic nitrogens is 1. The van der Waals surface area contributed by atoms with E-state index >= 15 is 0 Å². The molecule has 0 aliphatic carbocycles. The number of likely N-dealkylation sites (tertiary alicyclic amines) is 1. The Morgan fingerprint density at radius 2 is 2.08 bits per heavy atom. The Morgan fingerprint density at radius 1 is 1.33 bits per heavy atom. The quantitative estimate of drug-likeness (QED) is 0.923. The lowest BCUT2D eigenvalue weighted by atomic mass is 9.90. The van der Waals surface area contributed by atoms with Gasteiger partial charge in [0.25, 0.3) is 5.91 Å². The van der Waals surface area contributed by atoms with Crippen LogP contribution in [0.4, 0.5) is 0 Å². The zero-order valence-electron chi connectivity index (χ0n) is 13.3. The van der Waals surface area contributed by atoms with E-state index in [1.165, 1.54) is 12.5 Å². The second-order valence-corrected chi connectivity index (χ2v) is 5.79. The molecule has 1 aliphatic rings. The molecule has 7 nitrogen and oxygen atoms in total. The number of carboxylic acid groups (broad SMARTS) is 1. The predicted molar refractivity (Wildman–Crippen MR) is 83.8 cm³/mol. The molecule has 126 valence electrons. The lowest BCUT2D eigenvalue weighted by Gasteiger charge is -2.38. The highest BCUT2D eigenvalue weighted by Crippen LogP contribution is 2.31. The van der Waals surface area contributed by atoms with Gasteiger partial charge in [-0.3, -0.25) is 9.78 Å². The maximum atomic E-state index is 12.3. The summed E-state index contributed by atoms with van der Waals surface area (Å²) in [6.45, 7) is 2.37. The summed E-state index contributed by atoms with van der Waals surface area (Å²) in [5, 5.41) is 9.69. The molecule has 0 spiro atoms. The molecule has 0 aromatic carbocycles. The maximum Gasteiger partial charge on any atom is 0.348 e. The van der Waals surface area contributed by atoms with Gasteiger partial charge < -0.3 is 19.2 Å². The van der Waals surface area contributed by atoms with Crippen molar-refractivity contribution in [2.75, 3.05) is 13.1 Å². The number of nitrogens with zero attached hydrogens (tertiary/aromatic N) is 2. The summed E-state index contributed by atoms with van der Waals surface area (Å²) in [5.41, 5.74) is -0.252. The number of carbonyl (C=O) groups excluding carboxylic acids is 1. The number of carboxylic acids is 1. The normalized spacial score (nSPS) is 16.6. The fourth-order valence-corrected chi connectivity index (χ4v) is 2.79. The van der Waals surface area contributed by atoms with Crippen LogP contribution in [0.5, 0.6) is 5.75 Å². The van der Waals surface area contributed by atoms with Gasteiger partial charge in [-0.15, -0.1) is 0 Å². The largest absolute Gasteiger partial charge is 0.478 e. The average molecular weight is 330 g/mol. The number of furan rings is 1. The third-order valence-electron chi connectivity index (χ3n) is 4.28. The standard InChI is InChI=1S/C17H18N2O5/c1-12-14(3-2-7-18-12)24-17(16(21)22)5-8-19(9-6-17)15(20)13-4-10-23-11-13/h2-4,7,10-11H,5-6,8-9H2,1H3,(H,21,22). The highest BCUT2D eigenvalue weighted by molar-refractivity contribution is 5.94. The summed E-state index contributed by atoms with van der Waals surface area (Å²) in [4.78, 5) is 29.9. The van der Waals surface area contributed by atoms with Gasteiger partial charge in [0.2, 0.25) is 5.60 Å². The predicted octanol–water partition coefficient (Wildman–Crippen LogP) is 2.12. The number of aryl methyl sites for hydroxylation is 1. The molecular formula is C17H18N2O5. The Balaban J connectivity index is 1.74. The van der Waals surface area contributed by atoms with Gasteiger partial charge in [0.05, 0.1) is 17.5 Å². The second kappa shape index (κ2) is 6.35. The van der Waals surface area contributed by atoms with Crippen LogP contribution in [0.3, 0.4) is 0 Å². The maximum absolute atomic E-state index is 12.3. The molecule has 3 heterocycles. The van der Waals surface area contributed by atoms with Gasteiger partial charge in [-0.1, -0.05) is 0 Å². The SMILES string of the molecule is Cc1ncccc1OC1(C(=O)O)CCN(C(=O)c2ccoc2)CC1. The first-order valence-electron chi connectivity index (χ1n) is 7.67. The molecule has 1 N–H and O–H groups in total.